The maximum Gasteiger partial charge on any atom is 0.223 e. The maximum atomic E-state index is 13.6. The van der Waals surface area contributed by atoms with Gasteiger partial charge in [-0.2, -0.15) is 0 Å². The lowest BCUT2D eigenvalue weighted by atomic mass is 9.81. The second-order valence-electron chi connectivity index (χ2n) is 6.48. The van der Waals surface area contributed by atoms with Gasteiger partial charge in [-0.15, -0.1) is 0 Å². The minimum atomic E-state index is -0.234. The van der Waals surface area contributed by atoms with Crippen LogP contribution in [0.4, 0.5) is 4.39 Å². The Hall–Kier alpha value is -1.42. The van der Waals surface area contributed by atoms with Gasteiger partial charge in [0.05, 0.1) is 0 Å². The molecule has 4 heteroatoms. The lowest BCUT2D eigenvalue weighted by Gasteiger charge is -2.34. The fraction of sp³-hybridized carbons (Fsp3) is 0.588. The van der Waals surface area contributed by atoms with E-state index >= 15 is 0 Å². The molecule has 3 nitrogen and oxygen atoms in total. The zero-order valence-electron chi connectivity index (χ0n) is 12.9. The molecule has 0 radical (unpaired) electrons. The molecule has 1 fully saturated rings. The van der Waals surface area contributed by atoms with E-state index < -0.39 is 0 Å². The lowest BCUT2D eigenvalue weighted by Crippen LogP contribution is -2.44. The number of hydrogen-bond donors (Lipinski definition) is 2. The highest BCUT2D eigenvalue weighted by atomic mass is 19.1. The quantitative estimate of drug-likeness (QED) is 0.875. The number of carbonyl (C=O) groups excluding carboxylic acids is 1. The highest BCUT2D eigenvalue weighted by Gasteiger charge is 2.27. The van der Waals surface area contributed by atoms with Gasteiger partial charge in [-0.05, 0) is 49.4 Å². The molecule has 116 valence electrons. The molecule has 1 aromatic rings. The summed E-state index contributed by atoms with van der Waals surface area (Å²) in [7, 11) is 0. The fourth-order valence-corrected chi connectivity index (χ4v) is 2.77. The van der Waals surface area contributed by atoms with Crippen molar-refractivity contribution >= 4 is 5.91 Å². The van der Waals surface area contributed by atoms with Crippen LogP contribution in [0.3, 0.4) is 0 Å². The van der Waals surface area contributed by atoms with Gasteiger partial charge in [0.25, 0.3) is 0 Å². The smallest absolute Gasteiger partial charge is 0.223 e. The zero-order chi connectivity index (χ0) is 15.3. The Balaban J connectivity index is 1.84. The van der Waals surface area contributed by atoms with Crippen LogP contribution in [0.5, 0.6) is 0 Å². The number of amides is 1. The third-order valence-electron chi connectivity index (χ3n) is 4.43. The molecule has 1 heterocycles. The van der Waals surface area contributed by atoms with Gasteiger partial charge in [-0.25, -0.2) is 4.39 Å². The molecule has 1 aliphatic rings. The molecule has 1 atom stereocenters. The van der Waals surface area contributed by atoms with Gasteiger partial charge in [0.2, 0.25) is 5.91 Å². The molecule has 0 spiro atoms. The molecule has 1 aliphatic heterocycles. The van der Waals surface area contributed by atoms with E-state index in [0.717, 1.165) is 25.9 Å². The highest BCUT2D eigenvalue weighted by molar-refractivity contribution is 5.78. The Bertz CT molecular complexity index is 483. The largest absolute Gasteiger partial charge is 0.355 e. The Morgan fingerprint density at radius 3 is 2.71 bits per heavy atom. The predicted octanol–water partition coefficient (Wildman–Crippen LogP) is 2.51. The lowest BCUT2D eigenvalue weighted by molar-refractivity contribution is -0.125. The molecule has 0 aromatic heterocycles. The van der Waals surface area contributed by atoms with Gasteiger partial charge in [-0.1, -0.05) is 32.0 Å². The van der Waals surface area contributed by atoms with Crippen LogP contribution in [-0.2, 0) is 11.2 Å². The Morgan fingerprint density at radius 2 is 2.05 bits per heavy atom. The van der Waals surface area contributed by atoms with Gasteiger partial charge >= 0.3 is 0 Å². The number of halogens is 1. The van der Waals surface area contributed by atoms with Crippen LogP contribution < -0.4 is 10.6 Å². The van der Waals surface area contributed by atoms with Crippen LogP contribution in [0.1, 0.15) is 32.3 Å². The summed E-state index contributed by atoms with van der Waals surface area (Å²) in [5.74, 6) is -0.437. The van der Waals surface area contributed by atoms with Crippen LogP contribution in [0, 0.1) is 17.2 Å². The molecule has 1 aromatic carbocycles. The van der Waals surface area contributed by atoms with Crippen molar-refractivity contribution < 1.29 is 9.18 Å². The molecule has 2 rings (SSSR count). The molecule has 0 saturated carbocycles. The topological polar surface area (TPSA) is 41.1 Å². The van der Waals surface area contributed by atoms with Crippen LogP contribution >= 0.6 is 0 Å². The Labute approximate surface area is 126 Å². The summed E-state index contributed by atoms with van der Waals surface area (Å²) in [6.45, 7) is 6.80. The first-order chi connectivity index (χ1) is 10.0. The minimum Gasteiger partial charge on any atom is -0.355 e. The molecule has 2 N–H and O–H groups in total. The summed E-state index contributed by atoms with van der Waals surface area (Å²) in [6, 6.07) is 6.66. The number of hydrogen-bond acceptors (Lipinski definition) is 2. The Morgan fingerprint density at radius 1 is 1.38 bits per heavy atom. The molecule has 0 aliphatic carbocycles. The predicted molar refractivity (Wildman–Crippen MR) is 82.5 cm³/mol. The first-order valence-corrected chi connectivity index (χ1v) is 7.72. The van der Waals surface area contributed by atoms with Crippen molar-refractivity contribution in [3.05, 3.63) is 35.6 Å². The van der Waals surface area contributed by atoms with E-state index in [1.807, 2.05) is 6.92 Å². The monoisotopic (exact) mass is 292 g/mol. The van der Waals surface area contributed by atoms with Crippen LogP contribution in [-0.4, -0.2) is 25.5 Å². The number of nitrogens with one attached hydrogen (secondary N) is 2. The number of carbonyl (C=O) groups is 1. The normalized spacial score (nSPS) is 19.0. The zero-order valence-corrected chi connectivity index (χ0v) is 12.9. The van der Waals surface area contributed by atoms with Crippen molar-refractivity contribution in [1.29, 1.82) is 0 Å². The molecular weight excluding hydrogens is 267 g/mol. The van der Waals surface area contributed by atoms with Crippen LogP contribution in [0.25, 0.3) is 0 Å². The minimum absolute atomic E-state index is 0.0120. The summed E-state index contributed by atoms with van der Waals surface area (Å²) in [5.41, 5.74) is 0.784. The van der Waals surface area contributed by atoms with Gasteiger partial charge < -0.3 is 10.6 Å². The Kier molecular flexibility index (Phi) is 5.34. The summed E-state index contributed by atoms with van der Waals surface area (Å²) in [5, 5.41) is 6.38. The van der Waals surface area contributed by atoms with Gasteiger partial charge in [0, 0.05) is 12.5 Å². The van der Waals surface area contributed by atoms with Crippen molar-refractivity contribution in [3.63, 3.8) is 0 Å². The van der Waals surface area contributed by atoms with Crippen molar-refractivity contribution in [1.82, 2.24) is 10.6 Å². The number of piperidine rings is 1. The van der Waals surface area contributed by atoms with Gasteiger partial charge in [0.15, 0.2) is 0 Å². The van der Waals surface area contributed by atoms with E-state index in [9.17, 15) is 9.18 Å². The molecule has 1 saturated heterocycles. The van der Waals surface area contributed by atoms with Crippen molar-refractivity contribution in [2.45, 2.75) is 33.1 Å². The summed E-state index contributed by atoms with van der Waals surface area (Å²) in [4.78, 5) is 12.2. The third-order valence-corrected chi connectivity index (χ3v) is 4.43. The molecule has 0 bridgehead atoms. The van der Waals surface area contributed by atoms with Crippen LogP contribution in [0.2, 0.25) is 0 Å². The maximum absolute atomic E-state index is 13.6. The molecule has 21 heavy (non-hydrogen) atoms. The SMILES string of the molecule is CC(Cc1ccccc1F)C(=O)NCC1(C)CCNCC1. The van der Waals surface area contributed by atoms with E-state index in [0.29, 0.717) is 18.5 Å². The second-order valence-corrected chi connectivity index (χ2v) is 6.48. The highest BCUT2D eigenvalue weighted by Crippen LogP contribution is 2.26. The van der Waals surface area contributed by atoms with E-state index in [1.165, 1.54) is 6.07 Å². The van der Waals surface area contributed by atoms with E-state index in [2.05, 4.69) is 17.6 Å². The number of benzene rings is 1. The first-order valence-electron chi connectivity index (χ1n) is 7.72. The van der Waals surface area contributed by atoms with E-state index in [4.69, 9.17) is 0 Å². The first kappa shape index (κ1) is 16.0. The summed E-state index contributed by atoms with van der Waals surface area (Å²) < 4.78 is 13.6. The van der Waals surface area contributed by atoms with Crippen molar-refractivity contribution in [3.8, 4) is 0 Å². The van der Waals surface area contributed by atoms with Gasteiger partial charge in [-0.3, -0.25) is 4.79 Å². The molecule has 1 amide bonds. The standard InChI is InChI=1S/C17H25FN2O/c1-13(11-14-5-3-4-6-15(14)18)16(21)20-12-17(2)7-9-19-10-8-17/h3-6,13,19H,7-12H2,1-2H3,(H,20,21). The third kappa shape index (κ3) is 4.53. The van der Waals surface area contributed by atoms with Crippen molar-refractivity contribution in [2.75, 3.05) is 19.6 Å². The van der Waals surface area contributed by atoms with Gasteiger partial charge in [0.1, 0.15) is 5.82 Å². The van der Waals surface area contributed by atoms with Crippen LogP contribution in [0.15, 0.2) is 24.3 Å². The number of rotatable bonds is 5. The average Bonchev–Trinajstić information content (AvgIpc) is 2.48. The fourth-order valence-electron chi connectivity index (χ4n) is 2.77. The van der Waals surface area contributed by atoms with E-state index in [1.54, 1.807) is 18.2 Å². The van der Waals surface area contributed by atoms with Crippen molar-refractivity contribution in [2.24, 2.45) is 11.3 Å². The second kappa shape index (κ2) is 7.03. The summed E-state index contributed by atoms with van der Waals surface area (Å²) >= 11 is 0. The average molecular weight is 292 g/mol. The molecule has 1 unspecified atom stereocenters. The van der Waals surface area contributed by atoms with E-state index in [-0.39, 0.29) is 23.1 Å². The molecular formula is C17H25FN2O. The summed E-state index contributed by atoms with van der Waals surface area (Å²) in [6.07, 6.45) is 2.60.